The molecule has 1 aromatic rings. The van der Waals surface area contributed by atoms with Crippen LogP contribution < -0.4 is 10.1 Å². The number of carbonyl (C=O) groups is 1. The summed E-state index contributed by atoms with van der Waals surface area (Å²) in [6.45, 7) is 4.39. The fourth-order valence-corrected chi connectivity index (χ4v) is 1.98. The molecule has 4 heteroatoms. The molecule has 112 valence electrons. The van der Waals surface area contributed by atoms with Gasteiger partial charge in [-0.3, -0.25) is 4.79 Å². The van der Waals surface area contributed by atoms with Crippen LogP contribution >= 0.6 is 0 Å². The van der Waals surface area contributed by atoms with E-state index in [9.17, 15) is 4.79 Å². The molecule has 1 aromatic carbocycles. The van der Waals surface area contributed by atoms with Gasteiger partial charge in [-0.25, -0.2) is 0 Å². The van der Waals surface area contributed by atoms with Crippen LogP contribution in [0.4, 0.5) is 0 Å². The molecular weight excluding hydrogens is 252 g/mol. The fraction of sp³-hybridized carbons (Fsp3) is 0.562. The first-order valence-electron chi connectivity index (χ1n) is 7.25. The zero-order valence-corrected chi connectivity index (χ0v) is 12.8. The summed E-state index contributed by atoms with van der Waals surface area (Å²) < 4.78 is 5.29. The summed E-state index contributed by atoms with van der Waals surface area (Å²) in [5.74, 6) is 1.08. The van der Waals surface area contributed by atoms with Crippen LogP contribution in [0.2, 0.25) is 0 Å². The quantitative estimate of drug-likeness (QED) is 0.705. The molecule has 0 fully saturated rings. The molecular formula is C16H26N2O2. The molecule has 20 heavy (non-hydrogen) atoms. The highest BCUT2D eigenvalue weighted by Gasteiger charge is 2.07. The molecule has 1 rings (SSSR count). The van der Waals surface area contributed by atoms with Crippen LogP contribution in [0, 0.1) is 0 Å². The number of methoxy groups -OCH3 is 1. The van der Waals surface area contributed by atoms with Gasteiger partial charge in [0.15, 0.2) is 0 Å². The smallest absolute Gasteiger partial charge is 0.223 e. The summed E-state index contributed by atoms with van der Waals surface area (Å²) in [6.07, 6.45) is 2.72. The Hall–Kier alpha value is -1.55. The van der Waals surface area contributed by atoms with Crippen LogP contribution in [0.1, 0.15) is 31.7 Å². The maximum absolute atomic E-state index is 11.8. The van der Waals surface area contributed by atoms with Gasteiger partial charge < -0.3 is 15.0 Å². The lowest BCUT2D eigenvalue weighted by molar-refractivity contribution is -0.129. The highest BCUT2D eigenvalue weighted by atomic mass is 16.5. The van der Waals surface area contributed by atoms with Crippen molar-refractivity contribution in [3.05, 3.63) is 29.8 Å². The van der Waals surface area contributed by atoms with Crippen molar-refractivity contribution in [3.8, 4) is 5.75 Å². The van der Waals surface area contributed by atoms with Gasteiger partial charge in [-0.15, -0.1) is 0 Å². The summed E-state index contributed by atoms with van der Waals surface area (Å²) in [6, 6.07) is 7.92. The molecule has 4 nitrogen and oxygen atoms in total. The van der Waals surface area contributed by atoms with Crippen molar-refractivity contribution < 1.29 is 9.53 Å². The van der Waals surface area contributed by atoms with E-state index in [2.05, 4.69) is 12.2 Å². The molecule has 0 heterocycles. The Bertz CT molecular complexity index is 407. The van der Waals surface area contributed by atoms with E-state index in [0.717, 1.165) is 37.2 Å². The highest BCUT2D eigenvalue weighted by Crippen LogP contribution is 2.16. The van der Waals surface area contributed by atoms with Gasteiger partial charge in [-0.05, 0) is 12.5 Å². The second-order valence-electron chi connectivity index (χ2n) is 4.91. The molecule has 0 aromatic heterocycles. The molecule has 1 amide bonds. The number of unbranched alkanes of at least 4 members (excludes halogenated alkanes) is 1. The van der Waals surface area contributed by atoms with Crippen LogP contribution in [0.25, 0.3) is 0 Å². The van der Waals surface area contributed by atoms with Gasteiger partial charge in [0.2, 0.25) is 5.91 Å². The van der Waals surface area contributed by atoms with Crippen molar-refractivity contribution in [3.63, 3.8) is 0 Å². The molecule has 0 radical (unpaired) electrons. The minimum Gasteiger partial charge on any atom is -0.496 e. The summed E-state index contributed by atoms with van der Waals surface area (Å²) in [5, 5.41) is 3.29. The van der Waals surface area contributed by atoms with Crippen molar-refractivity contribution in [1.82, 2.24) is 10.2 Å². The molecule has 0 bridgehead atoms. The third-order valence-corrected chi connectivity index (χ3v) is 3.30. The van der Waals surface area contributed by atoms with Crippen LogP contribution in [-0.4, -0.2) is 38.1 Å². The van der Waals surface area contributed by atoms with Crippen molar-refractivity contribution in [2.75, 3.05) is 27.2 Å². The number of para-hydroxylation sites is 1. The van der Waals surface area contributed by atoms with E-state index < -0.39 is 0 Å². The highest BCUT2D eigenvalue weighted by molar-refractivity contribution is 5.76. The molecule has 0 atom stereocenters. The number of benzene rings is 1. The lowest BCUT2D eigenvalue weighted by Gasteiger charge is -2.17. The Morgan fingerprint density at radius 2 is 2.10 bits per heavy atom. The zero-order chi connectivity index (χ0) is 14.8. The first-order chi connectivity index (χ1) is 9.69. The Morgan fingerprint density at radius 1 is 1.35 bits per heavy atom. The normalized spacial score (nSPS) is 10.3. The van der Waals surface area contributed by atoms with E-state index in [-0.39, 0.29) is 5.91 Å². The van der Waals surface area contributed by atoms with Gasteiger partial charge in [-0.1, -0.05) is 31.5 Å². The van der Waals surface area contributed by atoms with Crippen molar-refractivity contribution in [2.24, 2.45) is 0 Å². The van der Waals surface area contributed by atoms with E-state index in [4.69, 9.17) is 4.74 Å². The summed E-state index contributed by atoms with van der Waals surface area (Å²) in [4.78, 5) is 13.7. The van der Waals surface area contributed by atoms with Gasteiger partial charge in [0.05, 0.1) is 7.11 Å². The maximum atomic E-state index is 11.8. The van der Waals surface area contributed by atoms with Crippen LogP contribution in [0.5, 0.6) is 5.75 Å². The monoisotopic (exact) mass is 278 g/mol. The van der Waals surface area contributed by atoms with E-state index in [1.54, 1.807) is 7.11 Å². The maximum Gasteiger partial charge on any atom is 0.223 e. The van der Waals surface area contributed by atoms with E-state index in [1.807, 2.05) is 36.2 Å². The largest absolute Gasteiger partial charge is 0.496 e. The van der Waals surface area contributed by atoms with Gasteiger partial charge in [0.25, 0.3) is 0 Å². The fourth-order valence-electron chi connectivity index (χ4n) is 1.98. The third-order valence-electron chi connectivity index (χ3n) is 3.30. The van der Waals surface area contributed by atoms with Gasteiger partial charge >= 0.3 is 0 Å². The number of nitrogens with zero attached hydrogens (tertiary/aromatic N) is 1. The second-order valence-corrected chi connectivity index (χ2v) is 4.91. The van der Waals surface area contributed by atoms with Crippen molar-refractivity contribution in [1.29, 1.82) is 0 Å². The first kappa shape index (κ1) is 16.5. The Labute approximate surface area is 122 Å². The number of rotatable bonds is 9. The average molecular weight is 278 g/mol. The topological polar surface area (TPSA) is 41.6 Å². The summed E-state index contributed by atoms with van der Waals surface area (Å²) >= 11 is 0. The Kier molecular flexibility index (Phi) is 7.73. The first-order valence-corrected chi connectivity index (χ1v) is 7.25. The third kappa shape index (κ3) is 5.61. The Balaban J connectivity index is 2.26. The number of hydrogen-bond donors (Lipinski definition) is 1. The molecule has 1 N–H and O–H groups in total. The second kappa shape index (κ2) is 9.37. The zero-order valence-electron chi connectivity index (χ0n) is 12.8. The number of ether oxygens (including phenoxy) is 1. The van der Waals surface area contributed by atoms with Crippen LogP contribution in [0.3, 0.4) is 0 Å². The number of nitrogens with one attached hydrogen (secondary N) is 1. The SMILES string of the molecule is CCCCN(C)C(=O)CCNCc1ccccc1OC. The predicted molar refractivity (Wildman–Crippen MR) is 81.9 cm³/mol. The Morgan fingerprint density at radius 3 is 2.80 bits per heavy atom. The molecule has 0 aliphatic heterocycles. The number of carbonyl (C=O) groups excluding carboxylic acids is 1. The number of amides is 1. The molecule has 0 unspecified atom stereocenters. The molecule has 0 aliphatic rings. The van der Waals surface area contributed by atoms with E-state index in [1.165, 1.54) is 0 Å². The van der Waals surface area contributed by atoms with Gasteiger partial charge in [-0.2, -0.15) is 0 Å². The molecule has 0 saturated heterocycles. The molecule has 0 saturated carbocycles. The van der Waals surface area contributed by atoms with Crippen molar-refractivity contribution in [2.45, 2.75) is 32.7 Å². The lowest BCUT2D eigenvalue weighted by Crippen LogP contribution is -2.30. The standard InChI is InChI=1S/C16H26N2O2/c1-4-5-12-18(2)16(19)10-11-17-13-14-8-6-7-9-15(14)20-3/h6-9,17H,4-5,10-13H2,1-3H3. The van der Waals surface area contributed by atoms with Gasteiger partial charge in [0.1, 0.15) is 5.75 Å². The summed E-state index contributed by atoms with van der Waals surface area (Å²) in [5.41, 5.74) is 1.11. The number of hydrogen-bond acceptors (Lipinski definition) is 3. The molecule has 0 aliphatic carbocycles. The average Bonchev–Trinajstić information content (AvgIpc) is 2.49. The van der Waals surface area contributed by atoms with Crippen molar-refractivity contribution >= 4 is 5.91 Å². The minimum atomic E-state index is 0.200. The van der Waals surface area contributed by atoms with E-state index >= 15 is 0 Å². The predicted octanol–water partition coefficient (Wildman–Crippen LogP) is 2.43. The molecule has 0 spiro atoms. The summed E-state index contributed by atoms with van der Waals surface area (Å²) in [7, 11) is 3.54. The van der Waals surface area contributed by atoms with Crippen LogP contribution in [0.15, 0.2) is 24.3 Å². The van der Waals surface area contributed by atoms with Gasteiger partial charge in [0, 0.05) is 38.7 Å². The van der Waals surface area contributed by atoms with E-state index in [0.29, 0.717) is 13.0 Å². The van der Waals surface area contributed by atoms with Crippen LogP contribution in [-0.2, 0) is 11.3 Å². The lowest BCUT2D eigenvalue weighted by atomic mass is 10.2. The minimum absolute atomic E-state index is 0.200.